The smallest absolute Gasteiger partial charge is 0.143 e. The highest BCUT2D eigenvalue weighted by Gasteiger charge is 2.33. The number of Topliss-reactive ketones (excluding diaryl/α,β-unsaturated/α-hetero) is 2. The molecule has 0 aliphatic heterocycles. The first-order valence-corrected chi connectivity index (χ1v) is 5.74. The van der Waals surface area contributed by atoms with Crippen molar-refractivity contribution in [3.8, 4) is 0 Å². The molecule has 2 nitrogen and oxygen atoms in total. The van der Waals surface area contributed by atoms with Crippen molar-refractivity contribution in [1.82, 2.24) is 0 Å². The number of hydrogen-bond donors (Lipinski definition) is 0. The third-order valence-electron chi connectivity index (χ3n) is 3.03. The molecule has 1 fully saturated rings. The van der Waals surface area contributed by atoms with Crippen molar-refractivity contribution in [3.63, 3.8) is 0 Å². The number of carbonyl (C=O) groups excluding carboxylic acids is 2. The minimum Gasteiger partial charge on any atom is -0.299 e. The highest BCUT2D eigenvalue weighted by atomic mass is 16.2. The molecule has 1 aliphatic carbocycles. The summed E-state index contributed by atoms with van der Waals surface area (Å²) in [6.07, 6.45) is 5.07. The van der Waals surface area contributed by atoms with Crippen molar-refractivity contribution in [1.29, 1.82) is 0 Å². The molecule has 0 heterocycles. The molecule has 1 saturated carbocycles. The maximum atomic E-state index is 11.7. The van der Waals surface area contributed by atoms with Gasteiger partial charge >= 0.3 is 0 Å². The zero-order valence-corrected chi connectivity index (χ0v) is 9.21. The van der Waals surface area contributed by atoms with Gasteiger partial charge in [0.15, 0.2) is 0 Å². The Bertz CT molecular complexity index is 202. The Morgan fingerprint density at radius 1 is 1.00 bits per heavy atom. The van der Waals surface area contributed by atoms with Crippen LogP contribution in [0.25, 0.3) is 0 Å². The average molecular weight is 196 g/mol. The van der Waals surface area contributed by atoms with Gasteiger partial charge in [-0.3, -0.25) is 9.59 Å². The lowest BCUT2D eigenvalue weighted by Gasteiger charge is -2.25. The molecule has 80 valence electrons. The Labute approximate surface area is 86.1 Å². The number of ketones is 2. The lowest BCUT2D eigenvalue weighted by molar-refractivity contribution is -0.137. The van der Waals surface area contributed by atoms with Crippen LogP contribution in [0.4, 0.5) is 0 Å². The minimum absolute atomic E-state index is 0.196. The van der Waals surface area contributed by atoms with Gasteiger partial charge in [-0.05, 0) is 18.8 Å². The predicted octanol–water partition coefficient (Wildman–Crippen LogP) is 2.75. The molecule has 0 aromatic carbocycles. The summed E-state index contributed by atoms with van der Waals surface area (Å²) >= 11 is 0. The van der Waals surface area contributed by atoms with Crippen LogP contribution in [0.2, 0.25) is 0 Å². The Morgan fingerprint density at radius 3 is 1.93 bits per heavy atom. The maximum absolute atomic E-state index is 11.7. The van der Waals surface area contributed by atoms with Crippen LogP contribution in [0.3, 0.4) is 0 Å². The summed E-state index contributed by atoms with van der Waals surface area (Å²) < 4.78 is 0. The normalized spacial score (nSPS) is 28.1. The zero-order chi connectivity index (χ0) is 10.6. The van der Waals surface area contributed by atoms with Gasteiger partial charge in [0.2, 0.25) is 0 Å². The van der Waals surface area contributed by atoms with E-state index in [-0.39, 0.29) is 17.5 Å². The van der Waals surface area contributed by atoms with E-state index in [1.807, 2.05) is 6.92 Å². The van der Waals surface area contributed by atoms with Gasteiger partial charge in [0, 0.05) is 12.8 Å². The van der Waals surface area contributed by atoms with Gasteiger partial charge in [-0.2, -0.15) is 0 Å². The van der Waals surface area contributed by atoms with Crippen molar-refractivity contribution in [3.05, 3.63) is 0 Å². The summed E-state index contributed by atoms with van der Waals surface area (Å²) in [6.45, 7) is 4.13. The van der Waals surface area contributed by atoms with E-state index < -0.39 is 0 Å². The van der Waals surface area contributed by atoms with Crippen LogP contribution in [-0.4, -0.2) is 11.6 Å². The lowest BCUT2D eigenvalue weighted by atomic mass is 9.76. The van der Waals surface area contributed by atoms with E-state index in [4.69, 9.17) is 0 Å². The Hall–Kier alpha value is -0.660. The SMILES string of the molecule is CCCC1CC(=O)C(CCC)C(=O)C1. The summed E-state index contributed by atoms with van der Waals surface area (Å²) in [7, 11) is 0. The molecule has 0 unspecified atom stereocenters. The summed E-state index contributed by atoms with van der Waals surface area (Å²) in [5.74, 6) is 0.476. The second-order valence-electron chi connectivity index (χ2n) is 4.34. The van der Waals surface area contributed by atoms with Gasteiger partial charge in [-0.25, -0.2) is 0 Å². The standard InChI is InChI=1S/C12H20O2/c1-3-5-9-7-11(13)10(6-4-2)12(14)8-9/h9-10H,3-8H2,1-2H3. The lowest BCUT2D eigenvalue weighted by Crippen LogP contribution is -2.33. The second kappa shape index (κ2) is 5.28. The van der Waals surface area contributed by atoms with E-state index in [1.54, 1.807) is 0 Å². The highest BCUT2D eigenvalue weighted by molar-refractivity contribution is 6.04. The maximum Gasteiger partial charge on any atom is 0.143 e. The molecule has 0 saturated heterocycles. The monoisotopic (exact) mass is 196 g/mol. The third kappa shape index (κ3) is 2.66. The van der Waals surface area contributed by atoms with Gasteiger partial charge in [0.25, 0.3) is 0 Å². The van der Waals surface area contributed by atoms with E-state index in [2.05, 4.69) is 6.92 Å². The first-order valence-electron chi connectivity index (χ1n) is 5.74. The van der Waals surface area contributed by atoms with Gasteiger partial charge in [0.1, 0.15) is 11.6 Å². The van der Waals surface area contributed by atoms with Crippen LogP contribution in [-0.2, 0) is 9.59 Å². The summed E-state index contributed by atoms with van der Waals surface area (Å²) in [5.41, 5.74) is 0. The largest absolute Gasteiger partial charge is 0.299 e. The quantitative estimate of drug-likeness (QED) is 0.648. The molecule has 0 aromatic rings. The van der Waals surface area contributed by atoms with Crippen LogP contribution >= 0.6 is 0 Å². The van der Waals surface area contributed by atoms with Crippen molar-refractivity contribution in [2.45, 2.75) is 52.4 Å². The third-order valence-corrected chi connectivity index (χ3v) is 3.03. The number of carbonyl (C=O) groups is 2. The van der Waals surface area contributed by atoms with Crippen molar-refractivity contribution in [2.75, 3.05) is 0 Å². The molecule has 1 rings (SSSR count). The topological polar surface area (TPSA) is 34.1 Å². The van der Waals surface area contributed by atoms with Crippen LogP contribution in [0.15, 0.2) is 0 Å². The van der Waals surface area contributed by atoms with Crippen molar-refractivity contribution in [2.24, 2.45) is 11.8 Å². The first kappa shape index (κ1) is 11.4. The van der Waals surface area contributed by atoms with E-state index in [1.165, 1.54) is 0 Å². The molecule has 1 aliphatic rings. The van der Waals surface area contributed by atoms with Gasteiger partial charge in [-0.15, -0.1) is 0 Å². The fourth-order valence-corrected chi connectivity index (χ4v) is 2.33. The van der Waals surface area contributed by atoms with Crippen molar-refractivity contribution >= 4 is 11.6 Å². The van der Waals surface area contributed by atoms with Gasteiger partial charge in [0.05, 0.1) is 5.92 Å². The zero-order valence-electron chi connectivity index (χ0n) is 9.21. The predicted molar refractivity (Wildman–Crippen MR) is 56.0 cm³/mol. The molecule has 2 heteroatoms. The Kier molecular flexibility index (Phi) is 4.30. The number of rotatable bonds is 4. The molecule has 0 aromatic heterocycles. The molecule has 0 bridgehead atoms. The molecule has 0 spiro atoms. The van der Waals surface area contributed by atoms with E-state index >= 15 is 0 Å². The summed E-state index contributed by atoms with van der Waals surface area (Å²) in [6, 6.07) is 0. The summed E-state index contributed by atoms with van der Waals surface area (Å²) in [5, 5.41) is 0. The van der Waals surface area contributed by atoms with E-state index in [0.29, 0.717) is 18.8 Å². The van der Waals surface area contributed by atoms with Crippen LogP contribution in [0.1, 0.15) is 52.4 Å². The Balaban J connectivity index is 2.54. The van der Waals surface area contributed by atoms with Crippen LogP contribution < -0.4 is 0 Å². The van der Waals surface area contributed by atoms with Crippen LogP contribution in [0.5, 0.6) is 0 Å². The molecule has 0 radical (unpaired) electrons. The average Bonchev–Trinajstić information content (AvgIpc) is 2.12. The molecule has 0 N–H and O–H groups in total. The highest BCUT2D eigenvalue weighted by Crippen LogP contribution is 2.28. The molecule has 0 amide bonds. The Morgan fingerprint density at radius 2 is 1.50 bits per heavy atom. The molecular weight excluding hydrogens is 176 g/mol. The molecular formula is C12H20O2. The summed E-state index contributed by atoms with van der Waals surface area (Å²) in [4.78, 5) is 23.3. The first-order chi connectivity index (χ1) is 6.69. The fourth-order valence-electron chi connectivity index (χ4n) is 2.33. The molecule has 14 heavy (non-hydrogen) atoms. The van der Waals surface area contributed by atoms with Crippen LogP contribution in [0, 0.1) is 11.8 Å². The second-order valence-corrected chi connectivity index (χ2v) is 4.34. The van der Waals surface area contributed by atoms with E-state index in [0.717, 1.165) is 25.7 Å². The van der Waals surface area contributed by atoms with Gasteiger partial charge < -0.3 is 0 Å². The van der Waals surface area contributed by atoms with E-state index in [9.17, 15) is 9.59 Å². The van der Waals surface area contributed by atoms with Gasteiger partial charge in [-0.1, -0.05) is 26.7 Å². The van der Waals surface area contributed by atoms with Crippen molar-refractivity contribution < 1.29 is 9.59 Å². The number of hydrogen-bond acceptors (Lipinski definition) is 2. The minimum atomic E-state index is -0.256. The fraction of sp³-hybridized carbons (Fsp3) is 0.833. The molecule has 0 atom stereocenters.